The van der Waals surface area contributed by atoms with Crippen molar-refractivity contribution >= 4 is 5.97 Å². The van der Waals surface area contributed by atoms with Crippen molar-refractivity contribution < 1.29 is 14.6 Å². The van der Waals surface area contributed by atoms with Crippen molar-refractivity contribution in [2.45, 2.75) is 52.9 Å². The summed E-state index contributed by atoms with van der Waals surface area (Å²) in [6, 6.07) is -0.0636. The van der Waals surface area contributed by atoms with Crippen LogP contribution in [0.25, 0.3) is 0 Å². The molecule has 0 aliphatic carbocycles. The third-order valence-electron chi connectivity index (χ3n) is 2.91. The minimum Gasteiger partial charge on any atom is -0.433 e. The summed E-state index contributed by atoms with van der Waals surface area (Å²) in [4.78, 5) is 13.8. The Hall–Kier alpha value is -0.870. The van der Waals surface area contributed by atoms with Gasteiger partial charge in [0, 0.05) is 18.0 Å². The molecule has 4 nitrogen and oxygen atoms in total. The van der Waals surface area contributed by atoms with E-state index in [2.05, 4.69) is 11.5 Å². The third-order valence-corrected chi connectivity index (χ3v) is 2.91. The SMILES string of the molecule is C=C(C(=O)OC(O)CCC)C(C)N(CC)CC. The summed E-state index contributed by atoms with van der Waals surface area (Å²) in [6.07, 6.45) is 0.207. The number of ether oxygens (including phenoxy) is 1. The number of rotatable bonds is 8. The van der Waals surface area contributed by atoms with Gasteiger partial charge in [-0.2, -0.15) is 0 Å². The van der Waals surface area contributed by atoms with Crippen LogP contribution in [-0.4, -0.2) is 41.4 Å². The van der Waals surface area contributed by atoms with Gasteiger partial charge in [-0.25, -0.2) is 4.79 Å². The Bertz CT molecular complexity index is 249. The van der Waals surface area contributed by atoms with E-state index in [1.807, 2.05) is 27.7 Å². The second-order valence-electron chi connectivity index (χ2n) is 4.07. The molecule has 100 valence electrons. The van der Waals surface area contributed by atoms with Crippen LogP contribution < -0.4 is 0 Å². The maximum atomic E-state index is 11.7. The molecular formula is C13H25NO3. The molecule has 0 rings (SSSR count). The Balaban J connectivity index is 4.34. The predicted molar refractivity (Wildman–Crippen MR) is 68.5 cm³/mol. The smallest absolute Gasteiger partial charge is 0.337 e. The van der Waals surface area contributed by atoms with Gasteiger partial charge in [0.05, 0.1) is 0 Å². The first-order chi connectivity index (χ1) is 7.97. The fraction of sp³-hybridized carbons (Fsp3) is 0.769. The lowest BCUT2D eigenvalue weighted by Crippen LogP contribution is -2.37. The van der Waals surface area contributed by atoms with Crippen molar-refractivity contribution in [3.8, 4) is 0 Å². The van der Waals surface area contributed by atoms with Crippen molar-refractivity contribution in [1.82, 2.24) is 4.90 Å². The highest BCUT2D eigenvalue weighted by molar-refractivity contribution is 5.89. The van der Waals surface area contributed by atoms with Crippen LogP contribution in [0, 0.1) is 0 Å². The van der Waals surface area contributed by atoms with E-state index in [0.717, 1.165) is 19.5 Å². The highest BCUT2D eigenvalue weighted by atomic mass is 16.6. The van der Waals surface area contributed by atoms with Crippen LogP contribution >= 0.6 is 0 Å². The molecule has 0 heterocycles. The molecule has 0 saturated carbocycles. The molecule has 0 aliphatic heterocycles. The molecule has 0 aromatic carbocycles. The Labute approximate surface area is 104 Å². The number of hydrogen-bond acceptors (Lipinski definition) is 4. The first kappa shape index (κ1) is 16.1. The maximum absolute atomic E-state index is 11.7. The summed E-state index contributed by atoms with van der Waals surface area (Å²) in [5.41, 5.74) is 0.392. The maximum Gasteiger partial charge on any atom is 0.337 e. The predicted octanol–water partition coefficient (Wildman–Crippen LogP) is 1.93. The standard InChI is InChI=1S/C13H25NO3/c1-6-9-12(15)17-13(16)10(4)11(5)14(7-2)8-3/h11-12,15H,4,6-9H2,1-3,5H3. The zero-order valence-electron chi connectivity index (χ0n) is 11.4. The molecule has 0 spiro atoms. The van der Waals surface area contributed by atoms with E-state index in [-0.39, 0.29) is 6.04 Å². The van der Waals surface area contributed by atoms with E-state index in [0.29, 0.717) is 12.0 Å². The average molecular weight is 243 g/mol. The fourth-order valence-electron chi connectivity index (χ4n) is 1.67. The average Bonchev–Trinajstić information content (AvgIpc) is 2.29. The third kappa shape index (κ3) is 5.33. The van der Waals surface area contributed by atoms with Gasteiger partial charge >= 0.3 is 5.97 Å². The minimum atomic E-state index is -1.02. The molecule has 17 heavy (non-hydrogen) atoms. The van der Waals surface area contributed by atoms with E-state index in [1.165, 1.54) is 0 Å². The van der Waals surface area contributed by atoms with E-state index < -0.39 is 12.3 Å². The molecule has 0 aromatic heterocycles. The van der Waals surface area contributed by atoms with Gasteiger partial charge in [0.1, 0.15) is 0 Å². The van der Waals surface area contributed by atoms with Crippen molar-refractivity contribution in [2.24, 2.45) is 0 Å². The highest BCUT2D eigenvalue weighted by Crippen LogP contribution is 2.11. The summed E-state index contributed by atoms with van der Waals surface area (Å²) in [7, 11) is 0. The molecule has 1 N–H and O–H groups in total. The van der Waals surface area contributed by atoms with Crippen LogP contribution in [0.1, 0.15) is 40.5 Å². The number of esters is 1. The molecule has 0 amide bonds. The number of aliphatic hydroxyl groups excluding tert-OH is 1. The number of likely N-dealkylation sites (N-methyl/N-ethyl adjacent to an activating group) is 1. The van der Waals surface area contributed by atoms with Gasteiger partial charge in [-0.1, -0.05) is 33.8 Å². The first-order valence-electron chi connectivity index (χ1n) is 6.29. The highest BCUT2D eigenvalue weighted by Gasteiger charge is 2.22. The monoisotopic (exact) mass is 243 g/mol. The number of hydrogen-bond donors (Lipinski definition) is 1. The second kappa shape index (κ2) is 8.25. The van der Waals surface area contributed by atoms with E-state index in [9.17, 15) is 9.90 Å². The second-order valence-corrected chi connectivity index (χ2v) is 4.07. The lowest BCUT2D eigenvalue weighted by Gasteiger charge is -2.27. The van der Waals surface area contributed by atoms with Crippen molar-refractivity contribution in [1.29, 1.82) is 0 Å². The molecule has 2 atom stereocenters. The normalized spacial score (nSPS) is 14.5. The van der Waals surface area contributed by atoms with Crippen LogP contribution in [0.4, 0.5) is 0 Å². The molecule has 0 bridgehead atoms. The molecule has 0 aromatic rings. The fourth-order valence-corrected chi connectivity index (χ4v) is 1.67. The van der Waals surface area contributed by atoms with Crippen LogP contribution in [0.2, 0.25) is 0 Å². The summed E-state index contributed by atoms with van der Waals surface area (Å²) < 4.78 is 4.90. The van der Waals surface area contributed by atoms with Gasteiger partial charge in [-0.3, -0.25) is 4.90 Å². The van der Waals surface area contributed by atoms with Gasteiger partial charge in [0.2, 0.25) is 6.29 Å². The Kier molecular flexibility index (Phi) is 7.83. The summed E-state index contributed by atoms with van der Waals surface area (Å²) >= 11 is 0. The van der Waals surface area contributed by atoms with E-state index in [4.69, 9.17) is 4.74 Å². The lowest BCUT2D eigenvalue weighted by atomic mass is 10.1. The summed E-state index contributed by atoms with van der Waals surface area (Å²) in [5, 5.41) is 9.41. The summed E-state index contributed by atoms with van der Waals surface area (Å²) in [6.45, 7) is 13.4. The van der Waals surface area contributed by atoms with E-state index in [1.54, 1.807) is 0 Å². The number of carbonyl (C=O) groups is 1. The molecule has 0 saturated heterocycles. The van der Waals surface area contributed by atoms with Crippen molar-refractivity contribution in [3.63, 3.8) is 0 Å². The molecule has 0 aliphatic rings. The molecular weight excluding hydrogens is 218 g/mol. The van der Waals surface area contributed by atoms with Gasteiger partial charge in [-0.05, 0) is 20.0 Å². The van der Waals surface area contributed by atoms with Gasteiger partial charge in [-0.15, -0.1) is 0 Å². The molecule has 2 unspecified atom stereocenters. The van der Waals surface area contributed by atoms with Gasteiger partial charge in [0.25, 0.3) is 0 Å². The zero-order chi connectivity index (χ0) is 13.4. The Morgan fingerprint density at radius 2 is 1.88 bits per heavy atom. The Morgan fingerprint density at radius 1 is 1.35 bits per heavy atom. The molecule has 0 fully saturated rings. The zero-order valence-corrected chi connectivity index (χ0v) is 11.4. The van der Waals surface area contributed by atoms with E-state index >= 15 is 0 Å². The van der Waals surface area contributed by atoms with Gasteiger partial charge in [0.15, 0.2) is 0 Å². The minimum absolute atomic E-state index is 0.0636. The topological polar surface area (TPSA) is 49.8 Å². The Morgan fingerprint density at radius 3 is 2.29 bits per heavy atom. The largest absolute Gasteiger partial charge is 0.433 e. The van der Waals surface area contributed by atoms with Crippen LogP contribution in [0.3, 0.4) is 0 Å². The first-order valence-corrected chi connectivity index (χ1v) is 6.29. The van der Waals surface area contributed by atoms with Gasteiger partial charge < -0.3 is 9.84 Å². The van der Waals surface area contributed by atoms with Crippen molar-refractivity contribution in [2.75, 3.05) is 13.1 Å². The lowest BCUT2D eigenvalue weighted by molar-refractivity contribution is -0.164. The number of aliphatic hydroxyl groups is 1. The number of carbonyl (C=O) groups excluding carboxylic acids is 1. The van der Waals surface area contributed by atoms with Crippen LogP contribution in [-0.2, 0) is 9.53 Å². The van der Waals surface area contributed by atoms with Crippen molar-refractivity contribution in [3.05, 3.63) is 12.2 Å². The molecule has 0 radical (unpaired) electrons. The van der Waals surface area contributed by atoms with Crippen LogP contribution in [0.5, 0.6) is 0 Å². The number of nitrogens with zero attached hydrogens (tertiary/aromatic N) is 1. The quantitative estimate of drug-likeness (QED) is 0.402. The van der Waals surface area contributed by atoms with Crippen LogP contribution in [0.15, 0.2) is 12.2 Å². The summed E-state index contributed by atoms with van der Waals surface area (Å²) in [5.74, 6) is -0.509. The molecule has 4 heteroatoms.